The van der Waals surface area contributed by atoms with Crippen molar-refractivity contribution >= 4 is 40.6 Å². The van der Waals surface area contributed by atoms with Crippen molar-refractivity contribution in [2.75, 3.05) is 44.5 Å². The Balaban J connectivity index is 1.18. The lowest BCUT2D eigenvalue weighted by Gasteiger charge is -2.27. The quantitative estimate of drug-likeness (QED) is 0.208. The van der Waals surface area contributed by atoms with E-state index in [4.69, 9.17) is 32.7 Å². The Hall–Kier alpha value is -3.67. The van der Waals surface area contributed by atoms with Crippen molar-refractivity contribution in [3.8, 4) is 17.0 Å². The first kappa shape index (κ1) is 31.3. The van der Waals surface area contributed by atoms with Gasteiger partial charge in [0.2, 0.25) is 5.88 Å². The monoisotopic (exact) mass is 649 g/mol. The molecule has 1 fully saturated rings. The number of hydrogen-bond donors (Lipinski definition) is 3. The number of carbonyl (C=O) groups excluding carboxylic acids is 1. The molecule has 12 heteroatoms. The Morgan fingerprint density at radius 3 is 2.60 bits per heavy atom. The highest BCUT2D eigenvalue weighted by Crippen LogP contribution is 2.37. The molecule has 236 valence electrons. The number of hydrogen-bond acceptors (Lipinski definition) is 8. The van der Waals surface area contributed by atoms with Crippen molar-refractivity contribution < 1.29 is 14.3 Å². The van der Waals surface area contributed by atoms with Gasteiger partial charge in [0.1, 0.15) is 5.82 Å². The summed E-state index contributed by atoms with van der Waals surface area (Å²) in [5.74, 6) is 1.15. The molecule has 1 amide bonds. The first-order valence-electron chi connectivity index (χ1n) is 14.9. The lowest BCUT2D eigenvalue weighted by molar-refractivity contribution is -0.00586. The molecule has 4 heterocycles. The second-order valence-electron chi connectivity index (χ2n) is 11.5. The van der Waals surface area contributed by atoms with E-state index < -0.39 is 0 Å². The zero-order valence-corrected chi connectivity index (χ0v) is 27.3. The number of rotatable bonds is 10. The van der Waals surface area contributed by atoms with E-state index >= 15 is 0 Å². The predicted molar refractivity (Wildman–Crippen MR) is 177 cm³/mol. The Morgan fingerprint density at radius 1 is 1.07 bits per heavy atom. The van der Waals surface area contributed by atoms with Crippen LogP contribution in [0, 0.1) is 6.92 Å². The lowest BCUT2D eigenvalue weighted by Crippen LogP contribution is -2.45. The molecule has 4 aromatic rings. The molecule has 2 aromatic carbocycles. The predicted octanol–water partition coefficient (Wildman–Crippen LogP) is 5.45. The molecule has 0 aliphatic carbocycles. The van der Waals surface area contributed by atoms with Crippen molar-refractivity contribution in [1.29, 1.82) is 0 Å². The lowest BCUT2D eigenvalue weighted by atomic mass is 9.96. The standard InChI is InChI=1S/C33H37Cl2N7O3/c1-19-20(14-37-30-25(34)13-21(33(40-30)44-4)15-36-22-17-45-18-22)7-5-8-23(19)24-9-6-10-26(29(24)35)39-32(43)31-38-27-16-41(2)12-11-28(27)42(31)3/h5-10,13,22,36H,11-12,14-18H2,1-4H3,(H,37,40)(H,39,43). The number of amides is 1. The van der Waals surface area contributed by atoms with E-state index in [1.165, 1.54) is 0 Å². The summed E-state index contributed by atoms with van der Waals surface area (Å²) in [6, 6.07) is 13.9. The number of benzene rings is 2. The average Bonchev–Trinajstić information content (AvgIpc) is 3.33. The molecule has 2 aromatic heterocycles. The summed E-state index contributed by atoms with van der Waals surface area (Å²) in [5.41, 5.74) is 7.33. The molecule has 0 spiro atoms. The van der Waals surface area contributed by atoms with Crippen LogP contribution >= 0.6 is 23.2 Å². The molecule has 0 radical (unpaired) electrons. The van der Waals surface area contributed by atoms with Gasteiger partial charge < -0.3 is 34.9 Å². The first-order valence-corrected chi connectivity index (χ1v) is 15.7. The van der Waals surface area contributed by atoms with Crippen LogP contribution in [0.1, 0.15) is 38.7 Å². The van der Waals surface area contributed by atoms with Gasteiger partial charge in [-0.2, -0.15) is 4.98 Å². The fourth-order valence-electron chi connectivity index (χ4n) is 5.77. The number of nitrogens with one attached hydrogen (secondary N) is 3. The van der Waals surface area contributed by atoms with Gasteiger partial charge in [0.05, 0.1) is 47.8 Å². The number of nitrogens with zero attached hydrogens (tertiary/aromatic N) is 4. The highest BCUT2D eigenvalue weighted by Gasteiger charge is 2.25. The number of imidazole rings is 1. The fraction of sp³-hybridized carbons (Fsp3) is 0.364. The van der Waals surface area contributed by atoms with Crippen LogP contribution in [-0.2, 0) is 37.8 Å². The summed E-state index contributed by atoms with van der Waals surface area (Å²) < 4.78 is 12.7. The van der Waals surface area contributed by atoms with Crippen LogP contribution in [0.25, 0.3) is 11.1 Å². The molecule has 0 unspecified atom stereocenters. The largest absolute Gasteiger partial charge is 0.481 e. The van der Waals surface area contributed by atoms with E-state index in [-0.39, 0.29) is 5.91 Å². The van der Waals surface area contributed by atoms with Crippen molar-refractivity contribution in [2.45, 2.75) is 39.0 Å². The fourth-order valence-corrected chi connectivity index (χ4v) is 6.28. The second-order valence-corrected chi connectivity index (χ2v) is 12.3. The van der Waals surface area contributed by atoms with Crippen LogP contribution in [0.3, 0.4) is 0 Å². The van der Waals surface area contributed by atoms with Gasteiger partial charge in [-0.1, -0.05) is 53.5 Å². The van der Waals surface area contributed by atoms with Crippen LogP contribution in [0.15, 0.2) is 42.5 Å². The summed E-state index contributed by atoms with van der Waals surface area (Å²) in [4.78, 5) is 24.8. The third-order valence-electron chi connectivity index (χ3n) is 8.51. The van der Waals surface area contributed by atoms with E-state index in [0.29, 0.717) is 65.6 Å². The minimum Gasteiger partial charge on any atom is -0.481 e. The van der Waals surface area contributed by atoms with Crippen molar-refractivity contribution in [3.05, 3.63) is 86.4 Å². The average molecular weight is 651 g/mol. The Labute approximate surface area is 273 Å². The minimum atomic E-state index is -0.290. The number of anilines is 2. The normalized spacial score (nSPS) is 15.0. The summed E-state index contributed by atoms with van der Waals surface area (Å²) in [7, 11) is 5.55. The van der Waals surface area contributed by atoms with Gasteiger partial charge in [0.25, 0.3) is 5.91 Å². The van der Waals surface area contributed by atoms with Crippen molar-refractivity contribution in [3.63, 3.8) is 0 Å². The van der Waals surface area contributed by atoms with Crippen LogP contribution in [0.2, 0.25) is 10.0 Å². The summed E-state index contributed by atoms with van der Waals surface area (Å²) in [5, 5.41) is 10.8. The highest BCUT2D eigenvalue weighted by atomic mass is 35.5. The summed E-state index contributed by atoms with van der Waals surface area (Å²) >= 11 is 13.6. The zero-order chi connectivity index (χ0) is 31.7. The van der Waals surface area contributed by atoms with Gasteiger partial charge >= 0.3 is 0 Å². The number of ether oxygens (including phenoxy) is 2. The zero-order valence-electron chi connectivity index (χ0n) is 25.8. The van der Waals surface area contributed by atoms with E-state index in [0.717, 1.165) is 58.7 Å². The molecule has 3 N–H and O–H groups in total. The van der Waals surface area contributed by atoms with E-state index in [1.807, 2.05) is 41.9 Å². The van der Waals surface area contributed by atoms with Gasteiger partial charge in [-0.15, -0.1) is 0 Å². The maximum atomic E-state index is 13.3. The Morgan fingerprint density at radius 2 is 1.84 bits per heavy atom. The number of pyridine rings is 1. The van der Waals surface area contributed by atoms with Gasteiger partial charge in [0.15, 0.2) is 5.82 Å². The van der Waals surface area contributed by atoms with E-state index in [9.17, 15) is 4.79 Å². The van der Waals surface area contributed by atoms with Crippen LogP contribution < -0.4 is 20.7 Å². The molecule has 45 heavy (non-hydrogen) atoms. The first-order chi connectivity index (χ1) is 21.7. The van der Waals surface area contributed by atoms with Crippen LogP contribution in [0.4, 0.5) is 11.5 Å². The number of methoxy groups -OCH3 is 1. The van der Waals surface area contributed by atoms with Crippen molar-refractivity contribution in [1.82, 2.24) is 24.8 Å². The molecule has 2 aliphatic heterocycles. The number of carbonyl (C=O) groups is 1. The van der Waals surface area contributed by atoms with Gasteiger partial charge in [0, 0.05) is 56.5 Å². The molecule has 0 atom stereocenters. The van der Waals surface area contributed by atoms with E-state index in [2.05, 4.69) is 50.9 Å². The molecule has 6 rings (SSSR count). The smallest absolute Gasteiger partial charge is 0.291 e. The summed E-state index contributed by atoms with van der Waals surface area (Å²) in [6.45, 7) is 6.21. The van der Waals surface area contributed by atoms with Crippen LogP contribution in [0.5, 0.6) is 5.88 Å². The maximum absolute atomic E-state index is 13.3. The molecular weight excluding hydrogens is 613 g/mol. The number of fused-ring (bicyclic) bond motifs is 1. The molecule has 0 saturated carbocycles. The number of likely N-dealkylation sites (N-methyl/N-ethyl adjacent to an activating group) is 1. The van der Waals surface area contributed by atoms with Gasteiger partial charge in [-0.05, 0) is 42.8 Å². The molecular formula is C33H37Cl2N7O3. The molecule has 2 aliphatic rings. The highest BCUT2D eigenvalue weighted by molar-refractivity contribution is 6.36. The van der Waals surface area contributed by atoms with Crippen LogP contribution in [-0.4, -0.2) is 65.3 Å². The van der Waals surface area contributed by atoms with Crippen molar-refractivity contribution in [2.24, 2.45) is 7.05 Å². The topological polar surface area (TPSA) is 106 Å². The molecule has 0 bridgehead atoms. The second kappa shape index (κ2) is 13.4. The maximum Gasteiger partial charge on any atom is 0.291 e. The summed E-state index contributed by atoms with van der Waals surface area (Å²) in [6.07, 6.45) is 0.860. The third kappa shape index (κ3) is 6.52. The Bertz CT molecular complexity index is 1740. The third-order valence-corrected chi connectivity index (χ3v) is 9.20. The molecule has 10 nitrogen and oxygen atoms in total. The van der Waals surface area contributed by atoms with Gasteiger partial charge in [-0.3, -0.25) is 4.79 Å². The number of halogens is 2. The Kier molecular flexibility index (Phi) is 9.30. The van der Waals surface area contributed by atoms with E-state index in [1.54, 1.807) is 13.2 Å². The number of aromatic nitrogens is 3. The SMILES string of the molecule is COc1nc(NCc2cccc(-c3cccc(NC(=O)c4nc5c(n4C)CCN(C)C5)c3Cl)c2C)c(Cl)cc1CNC1COC1. The van der Waals surface area contributed by atoms with Gasteiger partial charge in [-0.25, -0.2) is 4.98 Å². The molecule has 1 saturated heterocycles. The minimum absolute atomic E-state index is 0.290.